The minimum Gasteiger partial charge on any atom is -0.369 e. The molecule has 1 fully saturated rings. The van der Waals surface area contributed by atoms with Gasteiger partial charge in [-0.1, -0.05) is 6.07 Å². The molecule has 0 spiro atoms. The van der Waals surface area contributed by atoms with Crippen molar-refractivity contribution < 1.29 is 13.2 Å². The number of hydrogen-bond acceptors (Lipinski definition) is 5. The fourth-order valence-corrected chi connectivity index (χ4v) is 4.76. The van der Waals surface area contributed by atoms with Crippen LogP contribution < -0.4 is 16.8 Å². The highest BCUT2D eigenvalue weighted by Crippen LogP contribution is 2.29. The first kappa shape index (κ1) is 18.4. The summed E-state index contributed by atoms with van der Waals surface area (Å²) in [6.45, 7) is 0.260. The third kappa shape index (κ3) is 3.30. The lowest BCUT2D eigenvalue weighted by molar-refractivity contribution is -0.121. The Morgan fingerprint density at radius 3 is 2.81 bits per heavy atom. The first-order valence-corrected chi connectivity index (χ1v) is 9.53. The van der Waals surface area contributed by atoms with Crippen LogP contribution in [0.2, 0.25) is 0 Å². The quantitative estimate of drug-likeness (QED) is 0.514. The topological polar surface area (TPSA) is 144 Å². The number of rotatable bonds is 4. The van der Waals surface area contributed by atoms with E-state index in [-0.39, 0.29) is 17.4 Å². The Morgan fingerprint density at radius 2 is 2.12 bits per heavy atom. The molecule has 1 aliphatic heterocycles. The lowest BCUT2D eigenvalue weighted by Gasteiger charge is -2.22. The van der Waals surface area contributed by atoms with Crippen molar-refractivity contribution in [2.24, 2.45) is 16.0 Å². The van der Waals surface area contributed by atoms with Crippen LogP contribution in [-0.2, 0) is 14.8 Å². The molecule has 5 N–H and O–H groups in total. The summed E-state index contributed by atoms with van der Waals surface area (Å²) < 4.78 is 30.3. The Hall–Kier alpha value is -2.43. The first-order chi connectivity index (χ1) is 12.3. The van der Waals surface area contributed by atoms with Gasteiger partial charge >= 0.3 is 0 Å². The molecule has 1 aromatic heterocycles. The fraction of sp³-hybridized carbons (Fsp3) is 0.267. The molecule has 3 rings (SSSR count). The minimum atomic E-state index is -3.85. The molecule has 0 saturated carbocycles. The maximum atomic E-state index is 12.9. The number of anilines is 1. The molecule has 9 nitrogen and oxygen atoms in total. The number of fused-ring (bicyclic) bond motifs is 1. The number of nitrogens with zero attached hydrogens (tertiary/aromatic N) is 3. The number of nitrogens with one attached hydrogen (secondary N) is 1. The van der Waals surface area contributed by atoms with Gasteiger partial charge in [0, 0.05) is 35.3 Å². The van der Waals surface area contributed by atoms with Gasteiger partial charge in [0.05, 0.1) is 16.8 Å². The second-order valence-corrected chi connectivity index (χ2v) is 7.90. The van der Waals surface area contributed by atoms with Crippen LogP contribution >= 0.6 is 11.8 Å². The summed E-state index contributed by atoms with van der Waals surface area (Å²) in [6, 6.07) is 3.77. The molecule has 1 aromatic carbocycles. The van der Waals surface area contributed by atoms with E-state index in [0.29, 0.717) is 29.3 Å². The van der Waals surface area contributed by atoms with Gasteiger partial charge in [-0.25, -0.2) is 8.42 Å². The maximum absolute atomic E-state index is 12.9. The fourth-order valence-electron chi connectivity index (χ4n) is 3.02. The van der Waals surface area contributed by atoms with Gasteiger partial charge in [-0.05, 0) is 25.0 Å². The Kier molecular flexibility index (Phi) is 4.99. The van der Waals surface area contributed by atoms with Gasteiger partial charge in [0.15, 0.2) is 0 Å². The molecule has 2 aromatic rings. The number of sulfonamides is 1. The number of carbonyl (C=O) groups is 1. The molecular weight excluding hydrogens is 380 g/mol. The average molecular weight is 397 g/mol. The van der Waals surface area contributed by atoms with Crippen molar-refractivity contribution in [3.63, 3.8) is 0 Å². The molecule has 0 aliphatic carbocycles. The molecule has 2 heterocycles. The number of carbonyl (C=O) groups excluding carboxylic acids is 1. The van der Waals surface area contributed by atoms with E-state index in [0.717, 1.165) is 4.31 Å². The Balaban J connectivity index is 2.03. The molecule has 1 saturated heterocycles. The molecule has 0 radical (unpaired) electrons. The summed E-state index contributed by atoms with van der Waals surface area (Å²) in [6.07, 6.45) is 4.07. The SMILES string of the molecule is NC(=O)C1CCCN1S(=O)(=O)c1ccc2c(NC(N)=NCl)cncc2c1. The standard InChI is InChI=1S/C15H17ClN6O3S/c16-21-15(18)20-12-8-19-7-9-6-10(3-4-11(9)12)26(24,25)22-5-1-2-13(22)14(17)23/h3-4,6-8,13H,1-2,5H2,(H2,17,23)(H3,18,20,21). The van der Waals surface area contributed by atoms with Gasteiger partial charge in [-0.3, -0.25) is 9.78 Å². The normalized spacial score (nSPS) is 19.0. The Bertz CT molecular complexity index is 994. The van der Waals surface area contributed by atoms with Gasteiger partial charge in [0.25, 0.3) is 0 Å². The van der Waals surface area contributed by atoms with E-state index >= 15 is 0 Å². The van der Waals surface area contributed by atoms with Crippen molar-refractivity contribution in [3.8, 4) is 0 Å². The van der Waals surface area contributed by atoms with Crippen LogP contribution in [0.15, 0.2) is 40.0 Å². The van der Waals surface area contributed by atoms with Crippen molar-refractivity contribution in [2.75, 3.05) is 11.9 Å². The minimum absolute atomic E-state index is 0.0148. The predicted molar refractivity (Wildman–Crippen MR) is 98.9 cm³/mol. The Morgan fingerprint density at radius 1 is 1.35 bits per heavy atom. The number of nitrogens with two attached hydrogens (primary N) is 2. The average Bonchev–Trinajstić information content (AvgIpc) is 3.12. The van der Waals surface area contributed by atoms with E-state index in [2.05, 4.69) is 14.8 Å². The Labute approximate surface area is 155 Å². The van der Waals surface area contributed by atoms with Crippen molar-refractivity contribution in [1.82, 2.24) is 9.29 Å². The molecule has 0 bridgehead atoms. The van der Waals surface area contributed by atoms with Crippen molar-refractivity contribution in [2.45, 2.75) is 23.8 Å². The number of amides is 1. The third-order valence-corrected chi connectivity index (χ3v) is 6.31. The van der Waals surface area contributed by atoms with E-state index in [4.69, 9.17) is 23.2 Å². The summed E-state index contributed by atoms with van der Waals surface area (Å²) in [7, 11) is -3.85. The highest BCUT2D eigenvalue weighted by Gasteiger charge is 2.38. The molecule has 11 heteroatoms. The van der Waals surface area contributed by atoms with E-state index in [1.807, 2.05) is 0 Å². The van der Waals surface area contributed by atoms with Crippen molar-refractivity contribution in [3.05, 3.63) is 30.6 Å². The van der Waals surface area contributed by atoms with E-state index in [1.54, 1.807) is 6.07 Å². The number of pyridine rings is 1. The van der Waals surface area contributed by atoms with E-state index < -0.39 is 22.0 Å². The lowest BCUT2D eigenvalue weighted by Crippen LogP contribution is -2.43. The van der Waals surface area contributed by atoms with Crippen LogP contribution in [0, 0.1) is 0 Å². The van der Waals surface area contributed by atoms with Crippen LogP contribution in [0.25, 0.3) is 10.8 Å². The van der Waals surface area contributed by atoms with Gasteiger partial charge in [-0.2, -0.15) is 4.31 Å². The van der Waals surface area contributed by atoms with E-state index in [1.165, 1.54) is 24.5 Å². The number of guanidine groups is 1. The number of primary amides is 1. The van der Waals surface area contributed by atoms with Crippen LogP contribution in [0.5, 0.6) is 0 Å². The number of hydrogen-bond donors (Lipinski definition) is 3. The largest absolute Gasteiger partial charge is 0.369 e. The number of aromatic nitrogens is 1. The van der Waals surface area contributed by atoms with Crippen molar-refractivity contribution >= 4 is 50.1 Å². The molecule has 138 valence electrons. The van der Waals surface area contributed by atoms with Crippen molar-refractivity contribution in [1.29, 1.82) is 0 Å². The predicted octanol–water partition coefficient (Wildman–Crippen LogP) is 0.754. The highest BCUT2D eigenvalue weighted by atomic mass is 35.5. The first-order valence-electron chi connectivity index (χ1n) is 7.75. The van der Waals surface area contributed by atoms with Gasteiger partial charge in [-0.15, -0.1) is 4.51 Å². The van der Waals surface area contributed by atoms with Crippen LogP contribution in [0.4, 0.5) is 5.69 Å². The van der Waals surface area contributed by atoms with E-state index in [9.17, 15) is 13.2 Å². The highest BCUT2D eigenvalue weighted by molar-refractivity contribution is 7.89. The summed E-state index contributed by atoms with van der Waals surface area (Å²) in [5.74, 6) is -0.658. The smallest absolute Gasteiger partial charge is 0.243 e. The monoisotopic (exact) mass is 396 g/mol. The molecule has 26 heavy (non-hydrogen) atoms. The molecular formula is C15H17ClN6O3S. The van der Waals surface area contributed by atoms with Crippen LogP contribution in [0.3, 0.4) is 0 Å². The number of benzene rings is 1. The molecule has 1 unspecified atom stereocenters. The van der Waals surface area contributed by atoms with Crippen LogP contribution in [0.1, 0.15) is 12.8 Å². The zero-order valence-electron chi connectivity index (χ0n) is 13.6. The third-order valence-electron chi connectivity index (χ3n) is 4.22. The van der Waals surface area contributed by atoms with Gasteiger partial charge in [0.1, 0.15) is 6.04 Å². The zero-order chi connectivity index (χ0) is 18.9. The summed E-state index contributed by atoms with van der Waals surface area (Å²) in [5.41, 5.74) is 11.4. The van der Waals surface area contributed by atoms with Gasteiger partial charge < -0.3 is 16.8 Å². The molecule has 1 aliphatic rings. The number of halogens is 1. The summed E-state index contributed by atoms with van der Waals surface area (Å²) >= 11 is 5.31. The second-order valence-electron chi connectivity index (χ2n) is 5.84. The molecule has 1 atom stereocenters. The van der Waals surface area contributed by atoms with Gasteiger partial charge in [0.2, 0.25) is 21.9 Å². The second kappa shape index (κ2) is 7.06. The zero-order valence-corrected chi connectivity index (χ0v) is 15.2. The maximum Gasteiger partial charge on any atom is 0.243 e. The summed E-state index contributed by atoms with van der Waals surface area (Å²) in [4.78, 5) is 15.7. The summed E-state index contributed by atoms with van der Waals surface area (Å²) in [5, 5.41) is 4.05. The molecule has 1 amide bonds. The lowest BCUT2D eigenvalue weighted by atomic mass is 10.1. The van der Waals surface area contributed by atoms with Crippen LogP contribution in [-0.4, -0.2) is 42.2 Å².